The molecule has 0 aliphatic heterocycles. The number of alkyl halides is 1. The Kier molecular flexibility index (Phi) is 4.52. The normalized spacial score (nSPS) is 15.0. The van der Waals surface area contributed by atoms with Crippen molar-refractivity contribution in [1.82, 2.24) is 0 Å². The molecule has 0 aromatic heterocycles. The standard InChI is InChI=1S/C12H15ClF2/c1-3-8(2)10(13)7-9-5-4-6-11(14)12(9)15/h4-6,8,10H,3,7H2,1-2H3. The zero-order valence-corrected chi connectivity index (χ0v) is 9.69. The molecular weight excluding hydrogens is 218 g/mol. The van der Waals surface area contributed by atoms with E-state index in [2.05, 4.69) is 0 Å². The predicted octanol–water partition coefficient (Wildman–Crippen LogP) is 4.16. The first-order valence-corrected chi connectivity index (χ1v) is 5.56. The lowest BCUT2D eigenvalue weighted by molar-refractivity contribution is 0.481. The fraction of sp³-hybridized carbons (Fsp3) is 0.500. The SMILES string of the molecule is CCC(C)C(Cl)Cc1cccc(F)c1F. The summed E-state index contributed by atoms with van der Waals surface area (Å²) in [4.78, 5) is 0. The highest BCUT2D eigenvalue weighted by Crippen LogP contribution is 2.21. The highest BCUT2D eigenvalue weighted by molar-refractivity contribution is 6.20. The first-order valence-electron chi connectivity index (χ1n) is 5.13. The second-order valence-corrected chi connectivity index (χ2v) is 4.38. The Balaban J connectivity index is 2.76. The molecule has 1 aromatic rings. The van der Waals surface area contributed by atoms with Crippen LogP contribution in [0.25, 0.3) is 0 Å². The Morgan fingerprint density at radius 2 is 2.00 bits per heavy atom. The van der Waals surface area contributed by atoms with Crippen molar-refractivity contribution in [1.29, 1.82) is 0 Å². The van der Waals surface area contributed by atoms with Gasteiger partial charge in [-0.15, -0.1) is 11.6 Å². The molecule has 15 heavy (non-hydrogen) atoms. The van der Waals surface area contributed by atoms with Crippen molar-refractivity contribution in [2.24, 2.45) is 5.92 Å². The zero-order valence-electron chi connectivity index (χ0n) is 8.93. The molecule has 0 aliphatic rings. The van der Waals surface area contributed by atoms with Crippen LogP contribution in [0, 0.1) is 17.6 Å². The van der Waals surface area contributed by atoms with Gasteiger partial charge in [0.25, 0.3) is 0 Å². The van der Waals surface area contributed by atoms with Gasteiger partial charge in [-0.1, -0.05) is 32.4 Å². The minimum atomic E-state index is -0.805. The van der Waals surface area contributed by atoms with Crippen LogP contribution in [0.5, 0.6) is 0 Å². The van der Waals surface area contributed by atoms with E-state index in [0.717, 1.165) is 12.5 Å². The van der Waals surface area contributed by atoms with Crippen LogP contribution < -0.4 is 0 Å². The minimum Gasteiger partial charge on any atom is -0.204 e. The van der Waals surface area contributed by atoms with Crippen molar-refractivity contribution in [3.8, 4) is 0 Å². The van der Waals surface area contributed by atoms with E-state index in [-0.39, 0.29) is 5.38 Å². The maximum atomic E-state index is 13.3. The Bertz CT molecular complexity index is 325. The van der Waals surface area contributed by atoms with Crippen LogP contribution in [-0.2, 0) is 6.42 Å². The van der Waals surface area contributed by atoms with Gasteiger partial charge in [-0.25, -0.2) is 8.78 Å². The van der Waals surface area contributed by atoms with E-state index >= 15 is 0 Å². The molecular formula is C12H15ClF2. The van der Waals surface area contributed by atoms with Gasteiger partial charge >= 0.3 is 0 Å². The van der Waals surface area contributed by atoms with Crippen LogP contribution in [0.4, 0.5) is 8.78 Å². The average Bonchev–Trinajstić information content (AvgIpc) is 2.23. The van der Waals surface area contributed by atoms with Crippen molar-refractivity contribution in [3.05, 3.63) is 35.4 Å². The minimum absolute atomic E-state index is 0.147. The summed E-state index contributed by atoms with van der Waals surface area (Å²) < 4.78 is 26.2. The largest absolute Gasteiger partial charge is 0.204 e. The second kappa shape index (κ2) is 5.45. The topological polar surface area (TPSA) is 0 Å². The number of halogens is 3. The van der Waals surface area contributed by atoms with E-state index in [1.807, 2.05) is 13.8 Å². The van der Waals surface area contributed by atoms with Crippen LogP contribution in [0.15, 0.2) is 18.2 Å². The number of hydrogen-bond acceptors (Lipinski definition) is 0. The summed E-state index contributed by atoms with van der Waals surface area (Å²) in [6.07, 6.45) is 1.31. The molecule has 0 aliphatic carbocycles. The highest BCUT2D eigenvalue weighted by atomic mass is 35.5. The van der Waals surface area contributed by atoms with Crippen molar-refractivity contribution in [3.63, 3.8) is 0 Å². The number of hydrogen-bond donors (Lipinski definition) is 0. The highest BCUT2D eigenvalue weighted by Gasteiger charge is 2.16. The van der Waals surface area contributed by atoms with Crippen LogP contribution in [0.1, 0.15) is 25.8 Å². The Morgan fingerprint density at radius 1 is 1.33 bits per heavy atom. The zero-order chi connectivity index (χ0) is 11.4. The van der Waals surface area contributed by atoms with Crippen molar-refractivity contribution in [2.75, 3.05) is 0 Å². The Hall–Kier alpha value is -0.630. The van der Waals surface area contributed by atoms with Crippen LogP contribution in [0.2, 0.25) is 0 Å². The average molecular weight is 233 g/mol. The van der Waals surface area contributed by atoms with E-state index in [0.29, 0.717) is 17.9 Å². The summed E-state index contributed by atoms with van der Waals surface area (Å²) in [5.41, 5.74) is 0.357. The lowest BCUT2D eigenvalue weighted by atomic mass is 9.98. The lowest BCUT2D eigenvalue weighted by Crippen LogP contribution is -2.14. The lowest BCUT2D eigenvalue weighted by Gasteiger charge is -2.16. The molecule has 0 bridgehead atoms. The third kappa shape index (κ3) is 3.16. The van der Waals surface area contributed by atoms with Gasteiger partial charge in [0.2, 0.25) is 0 Å². The maximum Gasteiger partial charge on any atom is 0.162 e. The maximum absolute atomic E-state index is 13.3. The molecule has 0 saturated heterocycles. The summed E-state index contributed by atoms with van der Waals surface area (Å²) in [6.45, 7) is 4.04. The molecule has 0 spiro atoms. The van der Waals surface area contributed by atoms with E-state index in [1.165, 1.54) is 6.07 Å². The molecule has 0 nitrogen and oxygen atoms in total. The van der Waals surface area contributed by atoms with Crippen LogP contribution in [0.3, 0.4) is 0 Å². The van der Waals surface area contributed by atoms with E-state index in [4.69, 9.17) is 11.6 Å². The van der Waals surface area contributed by atoms with Crippen LogP contribution >= 0.6 is 11.6 Å². The van der Waals surface area contributed by atoms with Crippen molar-refractivity contribution in [2.45, 2.75) is 32.1 Å². The Labute approximate surface area is 94.3 Å². The fourth-order valence-electron chi connectivity index (χ4n) is 1.37. The molecule has 0 amide bonds. The van der Waals surface area contributed by atoms with E-state index in [9.17, 15) is 8.78 Å². The first kappa shape index (κ1) is 12.4. The molecule has 0 fully saturated rings. The third-order valence-electron chi connectivity index (χ3n) is 2.71. The van der Waals surface area contributed by atoms with E-state index < -0.39 is 11.6 Å². The molecule has 3 heteroatoms. The first-order chi connectivity index (χ1) is 7.06. The summed E-state index contributed by atoms with van der Waals surface area (Å²) in [6, 6.07) is 4.20. The van der Waals surface area contributed by atoms with Gasteiger partial charge in [-0.3, -0.25) is 0 Å². The van der Waals surface area contributed by atoms with Gasteiger partial charge in [0, 0.05) is 5.38 Å². The third-order valence-corrected chi connectivity index (χ3v) is 3.29. The van der Waals surface area contributed by atoms with Gasteiger partial charge in [0.1, 0.15) is 0 Å². The van der Waals surface area contributed by atoms with Gasteiger partial charge in [0.05, 0.1) is 0 Å². The smallest absolute Gasteiger partial charge is 0.162 e. The molecule has 0 heterocycles. The second-order valence-electron chi connectivity index (χ2n) is 3.82. The Morgan fingerprint density at radius 3 is 2.60 bits per heavy atom. The number of rotatable bonds is 4. The fourth-order valence-corrected chi connectivity index (χ4v) is 1.72. The van der Waals surface area contributed by atoms with E-state index in [1.54, 1.807) is 6.07 Å². The quantitative estimate of drug-likeness (QED) is 0.684. The summed E-state index contributed by atoms with van der Waals surface area (Å²) in [7, 11) is 0. The summed E-state index contributed by atoms with van der Waals surface area (Å²) in [5, 5.41) is -0.147. The molecule has 0 N–H and O–H groups in total. The molecule has 2 atom stereocenters. The molecule has 84 valence electrons. The summed E-state index contributed by atoms with van der Waals surface area (Å²) in [5.74, 6) is -1.28. The van der Waals surface area contributed by atoms with Gasteiger partial charge in [0.15, 0.2) is 11.6 Å². The molecule has 1 aromatic carbocycles. The molecule has 1 rings (SSSR count). The van der Waals surface area contributed by atoms with Gasteiger partial charge < -0.3 is 0 Å². The summed E-state index contributed by atoms with van der Waals surface area (Å²) >= 11 is 6.10. The van der Waals surface area contributed by atoms with Crippen molar-refractivity contribution >= 4 is 11.6 Å². The molecule has 0 radical (unpaired) electrons. The molecule has 0 saturated carbocycles. The van der Waals surface area contributed by atoms with Gasteiger partial charge in [-0.2, -0.15) is 0 Å². The number of benzene rings is 1. The van der Waals surface area contributed by atoms with Gasteiger partial charge in [-0.05, 0) is 24.0 Å². The predicted molar refractivity (Wildman–Crippen MR) is 59.2 cm³/mol. The molecule has 2 unspecified atom stereocenters. The monoisotopic (exact) mass is 232 g/mol. The van der Waals surface area contributed by atoms with Crippen molar-refractivity contribution < 1.29 is 8.78 Å². The van der Waals surface area contributed by atoms with Crippen LogP contribution in [-0.4, -0.2) is 5.38 Å².